The van der Waals surface area contributed by atoms with Crippen LogP contribution in [0.15, 0.2) is 49.0 Å². The van der Waals surface area contributed by atoms with E-state index < -0.39 is 0 Å². The number of amides is 1. The smallest absolute Gasteiger partial charge is 0.257 e. The highest BCUT2D eigenvalue weighted by Gasteiger charge is 2.19. The Bertz CT molecular complexity index is 1030. The molecule has 1 amide bonds. The van der Waals surface area contributed by atoms with Crippen LogP contribution in [-0.4, -0.2) is 27.0 Å². The number of hydrogen-bond donors (Lipinski definition) is 2. The lowest BCUT2D eigenvalue weighted by Gasteiger charge is -2.19. The van der Waals surface area contributed by atoms with Gasteiger partial charge in [-0.05, 0) is 31.2 Å². The summed E-state index contributed by atoms with van der Waals surface area (Å²) < 4.78 is 21.0. The molecule has 0 fully saturated rings. The van der Waals surface area contributed by atoms with Crippen LogP contribution in [0.4, 0.5) is 10.2 Å². The molecule has 1 atom stereocenters. The van der Waals surface area contributed by atoms with Crippen molar-refractivity contribution in [2.75, 3.05) is 11.9 Å². The number of ether oxygens (including phenoxy) is 1. The molecule has 0 saturated heterocycles. The van der Waals surface area contributed by atoms with E-state index in [-0.39, 0.29) is 24.3 Å². The Hall–Kier alpha value is -3.42. The van der Waals surface area contributed by atoms with Gasteiger partial charge in [-0.2, -0.15) is 5.10 Å². The number of rotatable bonds is 0. The second-order valence-electron chi connectivity index (χ2n) is 6.01. The summed E-state index contributed by atoms with van der Waals surface area (Å²) >= 11 is 0. The third kappa shape index (κ3) is 2.85. The maximum atomic E-state index is 13.8. The van der Waals surface area contributed by atoms with Crippen molar-refractivity contribution in [3.05, 3.63) is 65.9 Å². The van der Waals surface area contributed by atoms with Gasteiger partial charge in [0, 0.05) is 11.8 Å². The summed E-state index contributed by atoms with van der Waals surface area (Å²) in [6.45, 7) is 5.80. The van der Waals surface area contributed by atoms with E-state index in [2.05, 4.69) is 27.3 Å². The Morgan fingerprint density at radius 3 is 3.08 bits per heavy atom. The molecule has 1 aliphatic rings. The van der Waals surface area contributed by atoms with Crippen LogP contribution in [0.25, 0.3) is 5.65 Å². The number of aromatic nitrogens is 3. The van der Waals surface area contributed by atoms with Crippen molar-refractivity contribution in [3.63, 3.8) is 0 Å². The van der Waals surface area contributed by atoms with Crippen LogP contribution in [0.5, 0.6) is 5.75 Å². The van der Waals surface area contributed by atoms with Gasteiger partial charge in [-0.15, -0.1) is 0 Å². The maximum absolute atomic E-state index is 13.8. The molecule has 0 aliphatic carbocycles. The van der Waals surface area contributed by atoms with Crippen LogP contribution in [-0.2, 0) is 0 Å². The van der Waals surface area contributed by atoms with Gasteiger partial charge in [-0.1, -0.05) is 6.58 Å². The first-order valence-corrected chi connectivity index (χ1v) is 8.05. The third-order valence-corrected chi connectivity index (χ3v) is 4.12. The number of carbonyl (C=O) groups is 1. The van der Waals surface area contributed by atoms with Crippen molar-refractivity contribution in [2.45, 2.75) is 13.0 Å². The molecule has 0 spiro atoms. The lowest BCUT2D eigenvalue weighted by atomic mass is 10.1. The minimum absolute atomic E-state index is 0.106. The zero-order chi connectivity index (χ0) is 18.3. The molecule has 0 radical (unpaired) electrons. The molecular formula is C18H16FN5O2. The fourth-order valence-electron chi connectivity index (χ4n) is 2.83. The van der Waals surface area contributed by atoms with E-state index in [1.54, 1.807) is 18.3 Å². The largest absolute Gasteiger partial charge is 0.460 e. The maximum Gasteiger partial charge on any atom is 0.257 e. The fraction of sp³-hybridized carbons (Fsp3) is 0.167. The van der Waals surface area contributed by atoms with E-state index in [9.17, 15) is 9.18 Å². The topological polar surface area (TPSA) is 80.6 Å². The summed E-state index contributed by atoms with van der Waals surface area (Å²) in [7, 11) is 0. The van der Waals surface area contributed by atoms with Crippen molar-refractivity contribution >= 4 is 17.4 Å². The van der Waals surface area contributed by atoms with Crippen LogP contribution in [0, 0.1) is 5.82 Å². The summed E-state index contributed by atoms with van der Waals surface area (Å²) in [5.41, 5.74) is 1.38. The molecule has 4 rings (SSSR count). The highest BCUT2D eigenvalue weighted by atomic mass is 19.1. The van der Waals surface area contributed by atoms with Crippen molar-refractivity contribution in [1.29, 1.82) is 0 Å². The van der Waals surface area contributed by atoms with E-state index in [4.69, 9.17) is 4.74 Å². The van der Waals surface area contributed by atoms with E-state index >= 15 is 0 Å². The summed E-state index contributed by atoms with van der Waals surface area (Å²) in [4.78, 5) is 16.9. The van der Waals surface area contributed by atoms with Crippen molar-refractivity contribution < 1.29 is 13.9 Å². The Balaban J connectivity index is 1.83. The predicted molar refractivity (Wildman–Crippen MR) is 93.5 cm³/mol. The van der Waals surface area contributed by atoms with Gasteiger partial charge in [0.15, 0.2) is 5.65 Å². The van der Waals surface area contributed by atoms with Crippen LogP contribution in [0.2, 0.25) is 0 Å². The predicted octanol–water partition coefficient (Wildman–Crippen LogP) is 2.68. The minimum atomic E-state index is -0.370. The highest BCUT2D eigenvalue weighted by molar-refractivity contribution is 5.99. The quantitative estimate of drug-likeness (QED) is 0.649. The minimum Gasteiger partial charge on any atom is -0.460 e. The van der Waals surface area contributed by atoms with Gasteiger partial charge >= 0.3 is 0 Å². The van der Waals surface area contributed by atoms with E-state index in [0.29, 0.717) is 34.1 Å². The summed E-state index contributed by atoms with van der Waals surface area (Å²) in [5, 5.41) is 10.1. The first-order chi connectivity index (χ1) is 12.5. The molecule has 3 aromatic rings. The molecule has 1 aliphatic heterocycles. The molecule has 0 unspecified atom stereocenters. The van der Waals surface area contributed by atoms with Crippen LogP contribution in [0.1, 0.15) is 28.9 Å². The molecule has 26 heavy (non-hydrogen) atoms. The molecule has 2 bridgehead atoms. The third-order valence-electron chi connectivity index (χ3n) is 4.12. The normalized spacial score (nSPS) is 17.4. The van der Waals surface area contributed by atoms with Crippen LogP contribution in [0.3, 0.4) is 0 Å². The monoisotopic (exact) mass is 353 g/mol. The molecule has 2 aromatic heterocycles. The molecule has 8 heteroatoms. The standard InChI is InChI=1S/C18H16FN5O2/c1-10-8-20-18(25)14-9-21-24-6-5-16(23-17(14)24)22-11(2)13-7-12(19)3-4-15(13)26-10/h3-7,9,11H,1,8H2,2H3,(H,20,25)(H,22,23)/t11-/m1/s1. The van der Waals surface area contributed by atoms with Gasteiger partial charge in [0.2, 0.25) is 0 Å². The molecule has 1 aromatic carbocycles. The first kappa shape index (κ1) is 16.1. The van der Waals surface area contributed by atoms with E-state index in [0.717, 1.165) is 0 Å². The highest BCUT2D eigenvalue weighted by Crippen LogP contribution is 2.30. The second kappa shape index (κ2) is 6.14. The van der Waals surface area contributed by atoms with Gasteiger partial charge in [0.25, 0.3) is 5.91 Å². The van der Waals surface area contributed by atoms with Gasteiger partial charge in [0.1, 0.15) is 28.7 Å². The van der Waals surface area contributed by atoms with Gasteiger partial charge < -0.3 is 15.4 Å². The summed E-state index contributed by atoms with van der Waals surface area (Å²) in [5.74, 6) is 0.634. The number of nitrogens with zero attached hydrogens (tertiary/aromatic N) is 3. The number of carbonyl (C=O) groups excluding carboxylic acids is 1. The number of halogens is 1. The van der Waals surface area contributed by atoms with Crippen molar-refractivity contribution in [2.24, 2.45) is 0 Å². The number of benzene rings is 1. The Morgan fingerprint density at radius 1 is 1.38 bits per heavy atom. The SMILES string of the molecule is C=C1CNC(=O)c2cnn3ccc(nc23)N[C@H](C)c2cc(F)ccc2O1. The van der Waals surface area contributed by atoms with E-state index in [1.165, 1.54) is 22.8 Å². The Kier molecular flexibility index (Phi) is 3.80. The van der Waals surface area contributed by atoms with Gasteiger partial charge in [-0.3, -0.25) is 4.79 Å². The average molecular weight is 353 g/mol. The number of anilines is 1. The number of fused-ring (bicyclic) bond motifs is 2. The first-order valence-electron chi connectivity index (χ1n) is 8.05. The Labute approximate surface area is 148 Å². The fourth-order valence-corrected chi connectivity index (χ4v) is 2.83. The summed E-state index contributed by atoms with van der Waals surface area (Å²) in [6, 6.07) is 5.70. The number of nitrogens with one attached hydrogen (secondary N) is 2. The van der Waals surface area contributed by atoms with Crippen LogP contribution < -0.4 is 15.4 Å². The van der Waals surface area contributed by atoms with Gasteiger partial charge in [-0.25, -0.2) is 13.9 Å². The van der Waals surface area contributed by atoms with Gasteiger partial charge in [0.05, 0.1) is 18.8 Å². The summed E-state index contributed by atoms with van der Waals surface area (Å²) in [6.07, 6.45) is 3.16. The molecule has 2 N–H and O–H groups in total. The lowest BCUT2D eigenvalue weighted by molar-refractivity contribution is 0.0954. The van der Waals surface area contributed by atoms with Crippen molar-refractivity contribution in [1.82, 2.24) is 19.9 Å². The zero-order valence-corrected chi connectivity index (χ0v) is 14.0. The number of hydrogen-bond acceptors (Lipinski definition) is 5. The average Bonchev–Trinajstić information content (AvgIpc) is 3.03. The molecular weight excluding hydrogens is 337 g/mol. The molecule has 132 valence electrons. The molecule has 3 heterocycles. The van der Waals surface area contributed by atoms with Crippen LogP contribution >= 0.6 is 0 Å². The van der Waals surface area contributed by atoms with Crippen molar-refractivity contribution in [3.8, 4) is 5.75 Å². The van der Waals surface area contributed by atoms with E-state index in [1.807, 2.05) is 6.92 Å². The molecule has 7 nitrogen and oxygen atoms in total. The Morgan fingerprint density at radius 2 is 2.23 bits per heavy atom. The molecule has 0 saturated carbocycles. The second-order valence-corrected chi connectivity index (χ2v) is 6.01. The zero-order valence-electron chi connectivity index (χ0n) is 14.0. The lowest BCUT2D eigenvalue weighted by Crippen LogP contribution is -2.26.